The number of aliphatic carboxylic acids is 1. The molecule has 5 heteroatoms. The van der Waals surface area contributed by atoms with Crippen molar-refractivity contribution in [2.75, 3.05) is 0 Å². The molecule has 0 saturated heterocycles. The zero-order valence-electron chi connectivity index (χ0n) is 6.74. The Balaban J connectivity index is 4.82. The van der Waals surface area contributed by atoms with E-state index >= 15 is 0 Å². The van der Waals surface area contributed by atoms with Gasteiger partial charge in [-0.1, -0.05) is 0 Å². The van der Waals surface area contributed by atoms with Crippen molar-refractivity contribution in [1.29, 1.82) is 0 Å². The lowest BCUT2D eigenvalue weighted by Crippen LogP contribution is -2.43. The number of carbonyl (C=O) groups excluding carboxylic acids is 1. The van der Waals surface area contributed by atoms with Crippen LogP contribution in [0.1, 0.15) is 13.8 Å². The van der Waals surface area contributed by atoms with Gasteiger partial charge in [0, 0.05) is 5.57 Å². The zero-order chi connectivity index (χ0) is 9.94. The summed E-state index contributed by atoms with van der Waals surface area (Å²) in [5.41, 5.74) is -2.68. The molecule has 1 atom stereocenters. The van der Waals surface area contributed by atoms with Crippen molar-refractivity contribution in [3.63, 3.8) is 0 Å². The Hall–Kier alpha value is -1.36. The van der Waals surface area contributed by atoms with Crippen molar-refractivity contribution in [2.45, 2.75) is 19.4 Å². The molecule has 0 aliphatic heterocycles. The van der Waals surface area contributed by atoms with Gasteiger partial charge in [-0.2, -0.15) is 0 Å². The topological polar surface area (TPSA) is 94.8 Å². The summed E-state index contributed by atoms with van der Waals surface area (Å²) in [6, 6.07) is 0. The molecule has 0 aromatic carbocycles. The standard InChI is InChI=1S/C7H10O5/c1-4(3-8)5(9)7(2,12)6(10)11/h3,8,12H,1-2H3,(H,10,11)/b4-3+. The van der Waals surface area contributed by atoms with Crippen LogP contribution in [0.25, 0.3) is 0 Å². The molecule has 0 amide bonds. The third kappa shape index (κ3) is 1.82. The first-order valence-corrected chi connectivity index (χ1v) is 3.15. The van der Waals surface area contributed by atoms with Crippen LogP contribution < -0.4 is 0 Å². The van der Waals surface area contributed by atoms with Crippen LogP contribution in [0.15, 0.2) is 11.8 Å². The van der Waals surface area contributed by atoms with Crippen molar-refractivity contribution >= 4 is 11.8 Å². The number of carboxylic acids is 1. The predicted octanol–water partition coefficient (Wildman–Crippen LogP) is -0.147. The molecule has 12 heavy (non-hydrogen) atoms. The highest BCUT2D eigenvalue weighted by atomic mass is 16.4. The van der Waals surface area contributed by atoms with Gasteiger partial charge < -0.3 is 15.3 Å². The molecule has 0 aromatic rings. The number of Topliss-reactive ketones (excluding diaryl/α,β-unsaturated/α-hetero) is 1. The maximum atomic E-state index is 11.0. The highest BCUT2D eigenvalue weighted by Crippen LogP contribution is 2.11. The van der Waals surface area contributed by atoms with Gasteiger partial charge in [0.1, 0.15) is 0 Å². The maximum Gasteiger partial charge on any atom is 0.343 e. The molecule has 0 heterocycles. The van der Waals surface area contributed by atoms with E-state index in [4.69, 9.17) is 15.3 Å². The molecule has 5 nitrogen and oxygen atoms in total. The van der Waals surface area contributed by atoms with Gasteiger partial charge in [-0.3, -0.25) is 4.79 Å². The molecule has 68 valence electrons. The summed E-state index contributed by atoms with van der Waals surface area (Å²) < 4.78 is 0. The van der Waals surface area contributed by atoms with Crippen LogP contribution in [0.3, 0.4) is 0 Å². The molecule has 0 rings (SSSR count). The normalized spacial score (nSPS) is 16.8. The van der Waals surface area contributed by atoms with Crippen molar-refractivity contribution in [2.24, 2.45) is 0 Å². The molecule has 0 spiro atoms. The summed E-state index contributed by atoms with van der Waals surface area (Å²) in [6.45, 7) is 2.06. The fourth-order valence-electron chi connectivity index (χ4n) is 0.540. The molecule has 0 aromatic heterocycles. The highest BCUT2D eigenvalue weighted by molar-refractivity contribution is 6.13. The van der Waals surface area contributed by atoms with Crippen molar-refractivity contribution < 1.29 is 24.9 Å². The summed E-state index contributed by atoms with van der Waals surface area (Å²) >= 11 is 0. The molecule has 0 aliphatic carbocycles. The number of carbonyl (C=O) groups is 2. The zero-order valence-corrected chi connectivity index (χ0v) is 6.74. The van der Waals surface area contributed by atoms with E-state index in [0.717, 1.165) is 6.92 Å². The average Bonchev–Trinajstić information content (AvgIpc) is 2.01. The van der Waals surface area contributed by atoms with Gasteiger partial charge in [0.05, 0.1) is 6.26 Å². The van der Waals surface area contributed by atoms with Crippen LogP contribution in [0.4, 0.5) is 0 Å². The van der Waals surface area contributed by atoms with E-state index in [2.05, 4.69) is 0 Å². The Labute approximate surface area is 68.9 Å². The van der Waals surface area contributed by atoms with Crippen LogP contribution >= 0.6 is 0 Å². The van der Waals surface area contributed by atoms with Gasteiger partial charge in [0.25, 0.3) is 0 Å². The van der Waals surface area contributed by atoms with Crippen LogP contribution in [0.5, 0.6) is 0 Å². The van der Waals surface area contributed by atoms with E-state index in [0.29, 0.717) is 6.26 Å². The Morgan fingerprint density at radius 2 is 1.83 bits per heavy atom. The predicted molar refractivity (Wildman–Crippen MR) is 39.7 cm³/mol. The lowest BCUT2D eigenvalue weighted by molar-refractivity contribution is -0.161. The summed E-state index contributed by atoms with van der Waals surface area (Å²) in [6.07, 6.45) is 0.458. The molecular weight excluding hydrogens is 164 g/mol. The van der Waals surface area contributed by atoms with E-state index < -0.39 is 17.4 Å². The number of hydrogen-bond acceptors (Lipinski definition) is 4. The number of ketones is 1. The fourth-order valence-corrected chi connectivity index (χ4v) is 0.540. The van der Waals surface area contributed by atoms with Crippen LogP contribution in [0.2, 0.25) is 0 Å². The number of rotatable bonds is 3. The summed E-state index contributed by atoms with van der Waals surface area (Å²) in [5, 5.41) is 25.8. The van der Waals surface area contributed by atoms with E-state index in [1.807, 2.05) is 0 Å². The Kier molecular flexibility index (Phi) is 2.98. The minimum Gasteiger partial charge on any atom is -0.515 e. The first-order chi connectivity index (χ1) is 5.34. The van der Waals surface area contributed by atoms with Crippen molar-refractivity contribution in [3.8, 4) is 0 Å². The fraction of sp³-hybridized carbons (Fsp3) is 0.429. The van der Waals surface area contributed by atoms with E-state index in [1.54, 1.807) is 0 Å². The van der Waals surface area contributed by atoms with Crippen LogP contribution in [0, 0.1) is 0 Å². The molecule has 0 radical (unpaired) electrons. The van der Waals surface area contributed by atoms with Gasteiger partial charge in [-0.05, 0) is 13.8 Å². The largest absolute Gasteiger partial charge is 0.515 e. The molecule has 0 fully saturated rings. The highest BCUT2D eigenvalue weighted by Gasteiger charge is 2.39. The number of carboxylic acid groups (broad SMARTS) is 1. The Morgan fingerprint density at radius 1 is 1.42 bits per heavy atom. The quantitative estimate of drug-likeness (QED) is 0.314. The lowest BCUT2D eigenvalue weighted by Gasteiger charge is -2.15. The lowest BCUT2D eigenvalue weighted by atomic mass is 9.96. The first kappa shape index (κ1) is 10.6. The van der Waals surface area contributed by atoms with Gasteiger partial charge >= 0.3 is 5.97 Å². The number of aliphatic hydroxyl groups excluding tert-OH is 1. The Morgan fingerprint density at radius 3 is 2.08 bits per heavy atom. The van der Waals surface area contributed by atoms with Gasteiger partial charge in [-0.15, -0.1) is 0 Å². The number of aliphatic hydroxyl groups is 2. The second-order valence-corrected chi connectivity index (χ2v) is 2.52. The van der Waals surface area contributed by atoms with Crippen molar-refractivity contribution in [1.82, 2.24) is 0 Å². The van der Waals surface area contributed by atoms with Crippen LogP contribution in [-0.4, -0.2) is 32.7 Å². The monoisotopic (exact) mass is 174 g/mol. The first-order valence-electron chi connectivity index (χ1n) is 3.15. The third-order valence-electron chi connectivity index (χ3n) is 1.41. The molecule has 0 bridgehead atoms. The third-order valence-corrected chi connectivity index (χ3v) is 1.41. The smallest absolute Gasteiger partial charge is 0.343 e. The van der Waals surface area contributed by atoms with E-state index in [1.165, 1.54) is 6.92 Å². The second kappa shape index (κ2) is 3.36. The molecule has 1 unspecified atom stereocenters. The number of hydrogen-bond donors (Lipinski definition) is 3. The maximum absolute atomic E-state index is 11.0. The summed E-state index contributed by atoms with van der Waals surface area (Å²) in [4.78, 5) is 21.3. The van der Waals surface area contributed by atoms with Gasteiger partial charge in [-0.25, -0.2) is 4.79 Å². The molecule has 0 aliphatic rings. The SMILES string of the molecule is C/C(=C\O)C(=O)C(C)(O)C(=O)O. The minimum absolute atomic E-state index is 0.206. The van der Waals surface area contributed by atoms with Gasteiger partial charge in [0.2, 0.25) is 11.4 Å². The molecule has 3 N–H and O–H groups in total. The molecular formula is C7H10O5. The summed E-state index contributed by atoms with van der Waals surface area (Å²) in [5.74, 6) is -2.67. The van der Waals surface area contributed by atoms with Crippen LogP contribution in [-0.2, 0) is 9.59 Å². The average molecular weight is 174 g/mol. The minimum atomic E-state index is -2.47. The summed E-state index contributed by atoms with van der Waals surface area (Å²) in [7, 11) is 0. The van der Waals surface area contributed by atoms with E-state index in [-0.39, 0.29) is 5.57 Å². The van der Waals surface area contributed by atoms with E-state index in [9.17, 15) is 9.59 Å². The Bertz CT molecular complexity index is 238. The van der Waals surface area contributed by atoms with Crippen molar-refractivity contribution in [3.05, 3.63) is 11.8 Å². The molecule has 0 saturated carbocycles. The second-order valence-electron chi connectivity index (χ2n) is 2.52. The van der Waals surface area contributed by atoms with Gasteiger partial charge in [0.15, 0.2) is 0 Å².